The smallest absolute Gasteiger partial charge is 0.150 e. The molecular formula is C29H31NO4. The lowest BCUT2D eigenvalue weighted by molar-refractivity contribution is 0.233. The van der Waals surface area contributed by atoms with Gasteiger partial charge in [0.1, 0.15) is 35.7 Å². The molecule has 0 radical (unpaired) electrons. The number of allylic oxidation sites excluding steroid dienone is 1. The van der Waals surface area contributed by atoms with E-state index in [4.69, 9.17) is 9.47 Å². The highest BCUT2D eigenvalue weighted by molar-refractivity contribution is 5.95. The fraction of sp³-hybridized carbons (Fsp3) is 0.310. The maximum atomic E-state index is 10.1. The van der Waals surface area contributed by atoms with E-state index in [2.05, 4.69) is 11.8 Å². The maximum absolute atomic E-state index is 10.1. The van der Waals surface area contributed by atoms with Crippen molar-refractivity contribution in [3.63, 3.8) is 0 Å². The molecular weight excluding hydrogens is 426 g/mol. The first-order valence-electron chi connectivity index (χ1n) is 11.9. The maximum Gasteiger partial charge on any atom is 0.150 e. The SMILES string of the molecule is CC1=C(c2cccc(O)c2)[C@@H](c2ccc(OCCN3CC[C@@H](C)C3)cc2)Oc2ccc(O)cc21. The summed E-state index contributed by atoms with van der Waals surface area (Å²) in [5.41, 5.74) is 4.71. The summed E-state index contributed by atoms with van der Waals surface area (Å²) >= 11 is 0. The second kappa shape index (κ2) is 9.43. The Morgan fingerprint density at radius 1 is 1.00 bits per heavy atom. The molecule has 5 heteroatoms. The van der Waals surface area contributed by atoms with Gasteiger partial charge in [0, 0.05) is 24.2 Å². The highest BCUT2D eigenvalue weighted by atomic mass is 16.5. The Hall–Kier alpha value is -3.44. The predicted octanol–water partition coefficient (Wildman–Crippen LogP) is 5.88. The van der Waals surface area contributed by atoms with Crippen LogP contribution in [0.2, 0.25) is 0 Å². The lowest BCUT2D eigenvalue weighted by Gasteiger charge is -2.31. The average molecular weight is 458 g/mol. The third kappa shape index (κ3) is 4.62. The monoisotopic (exact) mass is 457 g/mol. The molecule has 5 rings (SSSR count). The van der Waals surface area contributed by atoms with E-state index in [9.17, 15) is 10.2 Å². The predicted molar refractivity (Wildman–Crippen MR) is 134 cm³/mol. The third-order valence-electron chi connectivity index (χ3n) is 6.80. The van der Waals surface area contributed by atoms with E-state index in [0.29, 0.717) is 6.61 Å². The zero-order valence-electron chi connectivity index (χ0n) is 19.7. The van der Waals surface area contributed by atoms with Crippen LogP contribution in [-0.4, -0.2) is 41.4 Å². The second-order valence-electron chi connectivity index (χ2n) is 9.38. The molecule has 2 aliphatic heterocycles. The molecule has 2 heterocycles. The molecule has 0 saturated carbocycles. The van der Waals surface area contributed by atoms with Crippen LogP contribution in [0.25, 0.3) is 11.1 Å². The minimum absolute atomic E-state index is 0.195. The van der Waals surface area contributed by atoms with Crippen molar-refractivity contribution in [2.24, 2.45) is 5.92 Å². The Labute approximate surface area is 200 Å². The summed E-state index contributed by atoms with van der Waals surface area (Å²) < 4.78 is 12.5. The summed E-state index contributed by atoms with van der Waals surface area (Å²) in [7, 11) is 0. The van der Waals surface area contributed by atoms with Gasteiger partial charge in [-0.15, -0.1) is 0 Å². The normalized spacial score (nSPS) is 20.2. The molecule has 34 heavy (non-hydrogen) atoms. The molecule has 3 aromatic carbocycles. The molecule has 3 aromatic rings. The molecule has 0 unspecified atom stereocenters. The van der Waals surface area contributed by atoms with E-state index in [1.54, 1.807) is 30.3 Å². The van der Waals surface area contributed by atoms with Gasteiger partial charge >= 0.3 is 0 Å². The number of benzene rings is 3. The topological polar surface area (TPSA) is 62.2 Å². The van der Waals surface area contributed by atoms with Gasteiger partial charge < -0.3 is 19.7 Å². The first-order chi connectivity index (χ1) is 16.5. The number of hydrogen-bond acceptors (Lipinski definition) is 5. The Morgan fingerprint density at radius 2 is 1.79 bits per heavy atom. The van der Waals surface area contributed by atoms with E-state index >= 15 is 0 Å². The third-order valence-corrected chi connectivity index (χ3v) is 6.80. The minimum Gasteiger partial charge on any atom is -0.508 e. The Balaban J connectivity index is 1.40. The summed E-state index contributed by atoms with van der Waals surface area (Å²) in [6.07, 6.45) is 0.923. The second-order valence-corrected chi connectivity index (χ2v) is 9.38. The number of fused-ring (bicyclic) bond motifs is 1. The average Bonchev–Trinajstić information content (AvgIpc) is 3.25. The van der Waals surface area contributed by atoms with Crippen LogP contribution in [-0.2, 0) is 0 Å². The zero-order chi connectivity index (χ0) is 23.7. The minimum atomic E-state index is -0.348. The van der Waals surface area contributed by atoms with Gasteiger partial charge in [-0.3, -0.25) is 4.90 Å². The number of phenolic OH excluding ortho intramolecular Hbond substituents is 2. The van der Waals surface area contributed by atoms with Gasteiger partial charge in [-0.25, -0.2) is 0 Å². The van der Waals surface area contributed by atoms with Crippen molar-refractivity contribution in [2.45, 2.75) is 26.4 Å². The number of aromatic hydroxyl groups is 2. The molecule has 0 aliphatic carbocycles. The van der Waals surface area contributed by atoms with Crippen molar-refractivity contribution >= 4 is 11.1 Å². The van der Waals surface area contributed by atoms with Crippen molar-refractivity contribution < 1.29 is 19.7 Å². The van der Waals surface area contributed by atoms with Gasteiger partial charge in [-0.1, -0.05) is 31.2 Å². The van der Waals surface area contributed by atoms with Crippen LogP contribution in [0, 0.1) is 5.92 Å². The molecule has 2 atom stereocenters. The van der Waals surface area contributed by atoms with Gasteiger partial charge in [0.25, 0.3) is 0 Å². The number of rotatable bonds is 6. The fourth-order valence-corrected chi connectivity index (χ4v) is 4.98. The van der Waals surface area contributed by atoms with E-state index < -0.39 is 0 Å². The van der Waals surface area contributed by atoms with Crippen molar-refractivity contribution in [1.82, 2.24) is 4.90 Å². The molecule has 2 N–H and O–H groups in total. The van der Waals surface area contributed by atoms with Crippen molar-refractivity contribution in [3.05, 3.63) is 83.4 Å². The summed E-state index contributed by atoms with van der Waals surface area (Å²) in [5.74, 6) is 2.75. The van der Waals surface area contributed by atoms with Gasteiger partial charge in [0.15, 0.2) is 0 Å². The molecule has 0 amide bonds. The van der Waals surface area contributed by atoms with E-state index in [0.717, 1.165) is 64.9 Å². The van der Waals surface area contributed by atoms with Crippen molar-refractivity contribution in [3.8, 4) is 23.0 Å². The molecule has 5 nitrogen and oxygen atoms in total. The molecule has 0 spiro atoms. The van der Waals surface area contributed by atoms with Gasteiger partial charge in [-0.2, -0.15) is 0 Å². The van der Waals surface area contributed by atoms with Crippen LogP contribution in [0.15, 0.2) is 66.7 Å². The largest absolute Gasteiger partial charge is 0.508 e. The summed E-state index contributed by atoms with van der Waals surface area (Å²) in [6, 6.07) is 20.4. The van der Waals surface area contributed by atoms with Crippen LogP contribution in [0.3, 0.4) is 0 Å². The van der Waals surface area contributed by atoms with Crippen LogP contribution < -0.4 is 9.47 Å². The van der Waals surface area contributed by atoms with Gasteiger partial charge in [0.2, 0.25) is 0 Å². The van der Waals surface area contributed by atoms with E-state index in [1.807, 2.05) is 43.3 Å². The molecule has 176 valence electrons. The number of likely N-dealkylation sites (tertiary alicyclic amines) is 1. The van der Waals surface area contributed by atoms with Crippen LogP contribution in [0.5, 0.6) is 23.0 Å². The summed E-state index contributed by atoms with van der Waals surface area (Å²) in [4.78, 5) is 2.46. The lowest BCUT2D eigenvalue weighted by atomic mass is 9.86. The van der Waals surface area contributed by atoms with Crippen molar-refractivity contribution in [1.29, 1.82) is 0 Å². The first kappa shape index (κ1) is 22.4. The molecule has 1 saturated heterocycles. The standard InChI is InChI=1S/C29H31NO4/c1-19-12-13-30(18-19)14-15-33-25-9-6-21(7-10-25)29-28(22-4-3-5-23(31)16-22)20(2)26-17-24(32)8-11-27(26)34-29/h3-11,16-17,19,29,31-32H,12-15,18H2,1-2H3/t19-,29-/m1/s1. The Morgan fingerprint density at radius 3 is 2.53 bits per heavy atom. The Bertz CT molecular complexity index is 1200. The highest BCUT2D eigenvalue weighted by Crippen LogP contribution is 2.47. The van der Waals surface area contributed by atoms with Gasteiger partial charge in [0.05, 0.1) is 0 Å². The summed E-state index contributed by atoms with van der Waals surface area (Å²) in [5, 5.41) is 20.2. The van der Waals surface area contributed by atoms with Crippen molar-refractivity contribution in [2.75, 3.05) is 26.2 Å². The molecule has 1 fully saturated rings. The van der Waals surface area contributed by atoms with Crippen LogP contribution in [0.4, 0.5) is 0 Å². The van der Waals surface area contributed by atoms with E-state index in [-0.39, 0.29) is 17.6 Å². The molecule has 0 aromatic heterocycles. The molecule has 2 aliphatic rings. The van der Waals surface area contributed by atoms with Gasteiger partial charge in [-0.05, 0) is 85.0 Å². The van der Waals surface area contributed by atoms with E-state index in [1.165, 1.54) is 6.42 Å². The first-order valence-corrected chi connectivity index (χ1v) is 11.9. The number of phenols is 2. The zero-order valence-corrected chi connectivity index (χ0v) is 19.7. The summed E-state index contributed by atoms with van der Waals surface area (Å²) in [6.45, 7) is 8.27. The quantitative estimate of drug-likeness (QED) is 0.484. The van der Waals surface area contributed by atoms with Crippen LogP contribution >= 0.6 is 0 Å². The van der Waals surface area contributed by atoms with Crippen LogP contribution in [0.1, 0.15) is 43.1 Å². The number of nitrogens with zero attached hydrogens (tertiary/aromatic N) is 1. The highest BCUT2D eigenvalue weighted by Gasteiger charge is 2.29. The molecule has 0 bridgehead atoms. The lowest BCUT2D eigenvalue weighted by Crippen LogP contribution is -2.25. The number of hydrogen-bond donors (Lipinski definition) is 2. The fourth-order valence-electron chi connectivity index (χ4n) is 4.98. The Kier molecular flexibility index (Phi) is 6.20. The number of ether oxygens (including phenoxy) is 2.